The second kappa shape index (κ2) is 6.89. The molecule has 4 rings (SSSR count). The van der Waals surface area contributed by atoms with Crippen molar-refractivity contribution >= 4 is 5.78 Å². The van der Waals surface area contributed by atoms with Gasteiger partial charge in [0.25, 0.3) is 0 Å². The third-order valence-electron chi connectivity index (χ3n) is 5.75. The number of rotatable bonds is 2. The molecule has 4 nitrogen and oxygen atoms in total. The van der Waals surface area contributed by atoms with Gasteiger partial charge in [-0.15, -0.1) is 0 Å². The van der Waals surface area contributed by atoms with Crippen LogP contribution < -0.4 is 0 Å². The zero-order valence-corrected chi connectivity index (χ0v) is 15.3. The number of ketones is 1. The summed E-state index contributed by atoms with van der Waals surface area (Å²) in [5.74, 6) is -0.0974. The van der Waals surface area contributed by atoms with Gasteiger partial charge in [0.15, 0.2) is 0 Å². The fourth-order valence-corrected chi connectivity index (χ4v) is 4.32. The summed E-state index contributed by atoms with van der Waals surface area (Å²) in [5.41, 5.74) is 4.43. The van der Waals surface area contributed by atoms with E-state index in [-0.39, 0.29) is 23.7 Å². The number of hydrogen-bond donors (Lipinski definition) is 0. The van der Waals surface area contributed by atoms with Crippen LogP contribution in [0, 0.1) is 5.82 Å². The molecule has 1 aliphatic carbocycles. The molecule has 5 heteroatoms. The molecule has 26 heavy (non-hydrogen) atoms. The minimum Gasteiger partial charge on any atom is -0.298 e. The maximum absolute atomic E-state index is 13.8. The SMILES string of the molecule is CC(=O)[C@H]1CN(C2c3ccccc3CCc3cc(F)cnc32)CCN1C. The molecule has 0 saturated carbocycles. The van der Waals surface area contributed by atoms with Crippen LogP contribution in [-0.2, 0) is 17.6 Å². The van der Waals surface area contributed by atoms with Crippen LogP contribution in [0.4, 0.5) is 4.39 Å². The lowest BCUT2D eigenvalue weighted by Crippen LogP contribution is -2.55. The first-order valence-corrected chi connectivity index (χ1v) is 9.21. The number of Topliss-reactive ketones (excluding diaryl/α,β-unsaturated/α-hetero) is 1. The largest absolute Gasteiger partial charge is 0.298 e. The summed E-state index contributed by atoms with van der Waals surface area (Å²) in [6, 6.07) is 9.91. The first-order valence-electron chi connectivity index (χ1n) is 9.21. The highest BCUT2D eigenvalue weighted by molar-refractivity contribution is 5.81. The van der Waals surface area contributed by atoms with E-state index in [1.54, 1.807) is 13.0 Å². The molecule has 2 aromatic rings. The van der Waals surface area contributed by atoms with Crippen molar-refractivity contribution in [2.24, 2.45) is 0 Å². The molecule has 136 valence electrons. The normalized spacial score (nSPS) is 23.8. The quantitative estimate of drug-likeness (QED) is 0.832. The Morgan fingerprint density at radius 3 is 2.77 bits per heavy atom. The molecule has 0 spiro atoms. The van der Waals surface area contributed by atoms with Crippen molar-refractivity contribution in [3.63, 3.8) is 0 Å². The molecule has 1 aliphatic heterocycles. The summed E-state index contributed by atoms with van der Waals surface area (Å²) in [5, 5.41) is 0. The molecule has 2 atom stereocenters. The number of piperazine rings is 1. The zero-order valence-electron chi connectivity index (χ0n) is 15.3. The molecular formula is C21H24FN3O. The Labute approximate surface area is 153 Å². The Morgan fingerprint density at radius 2 is 1.96 bits per heavy atom. The zero-order chi connectivity index (χ0) is 18.3. The first kappa shape index (κ1) is 17.3. The number of benzene rings is 1. The monoisotopic (exact) mass is 353 g/mol. The highest BCUT2D eigenvalue weighted by atomic mass is 19.1. The van der Waals surface area contributed by atoms with Gasteiger partial charge in [-0.1, -0.05) is 24.3 Å². The van der Waals surface area contributed by atoms with Gasteiger partial charge in [-0.2, -0.15) is 0 Å². The molecule has 0 amide bonds. The molecule has 1 fully saturated rings. The van der Waals surface area contributed by atoms with E-state index in [1.807, 2.05) is 7.05 Å². The van der Waals surface area contributed by atoms with Crippen LogP contribution in [0.3, 0.4) is 0 Å². The van der Waals surface area contributed by atoms with Crippen molar-refractivity contribution in [1.82, 2.24) is 14.8 Å². The predicted octanol–water partition coefficient (Wildman–Crippen LogP) is 2.61. The van der Waals surface area contributed by atoms with Crippen LogP contribution in [0.25, 0.3) is 0 Å². The average Bonchev–Trinajstić information content (AvgIpc) is 2.79. The van der Waals surface area contributed by atoms with Crippen LogP contribution >= 0.6 is 0 Å². The van der Waals surface area contributed by atoms with Gasteiger partial charge in [-0.05, 0) is 49.6 Å². The number of carbonyl (C=O) groups excluding carboxylic acids is 1. The van der Waals surface area contributed by atoms with Gasteiger partial charge in [0, 0.05) is 19.6 Å². The van der Waals surface area contributed by atoms with Crippen molar-refractivity contribution in [3.8, 4) is 0 Å². The summed E-state index contributed by atoms with van der Waals surface area (Å²) >= 11 is 0. The number of hydrogen-bond acceptors (Lipinski definition) is 4. The van der Waals surface area contributed by atoms with E-state index in [0.29, 0.717) is 6.54 Å². The minimum atomic E-state index is -0.284. The summed E-state index contributed by atoms with van der Waals surface area (Å²) in [6.07, 6.45) is 2.99. The Morgan fingerprint density at radius 1 is 1.19 bits per heavy atom. The van der Waals surface area contributed by atoms with Crippen molar-refractivity contribution < 1.29 is 9.18 Å². The number of nitrogens with zero attached hydrogens (tertiary/aromatic N) is 3. The van der Waals surface area contributed by atoms with Crippen molar-refractivity contribution in [3.05, 3.63) is 64.7 Å². The van der Waals surface area contributed by atoms with Crippen LogP contribution in [0.15, 0.2) is 36.5 Å². The number of pyridine rings is 1. The van der Waals surface area contributed by atoms with Gasteiger partial charge < -0.3 is 0 Å². The number of likely N-dealkylation sites (N-methyl/N-ethyl adjacent to an activating group) is 1. The van der Waals surface area contributed by atoms with E-state index >= 15 is 0 Å². The van der Waals surface area contributed by atoms with Crippen LogP contribution in [-0.4, -0.2) is 53.3 Å². The number of carbonyl (C=O) groups is 1. The average molecular weight is 353 g/mol. The van der Waals surface area contributed by atoms with Crippen LogP contribution in [0.2, 0.25) is 0 Å². The van der Waals surface area contributed by atoms with E-state index in [9.17, 15) is 9.18 Å². The molecule has 2 heterocycles. The van der Waals surface area contributed by atoms with Gasteiger partial charge in [0.1, 0.15) is 11.6 Å². The number of halogens is 1. The minimum absolute atomic E-state index is 0.0279. The molecule has 0 N–H and O–H groups in total. The molecule has 0 radical (unpaired) electrons. The van der Waals surface area contributed by atoms with Crippen LogP contribution in [0.1, 0.15) is 35.3 Å². The fraction of sp³-hybridized carbons (Fsp3) is 0.429. The Kier molecular flexibility index (Phi) is 4.59. The van der Waals surface area contributed by atoms with Gasteiger partial charge in [-0.3, -0.25) is 19.6 Å². The van der Waals surface area contributed by atoms with E-state index in [0.717, 1.165) is 37.2 Å². The van der Waals surface area contributed by atoms with Gasteiger partial charge in [0.05, 0.1) is 24.0 Å². The number of aromatic nitrogens is 1. The van der Waals surface area contributed by atoms with Gasteiger partial charge in [-0.25, -0.2) is 4.39 Å². The van der Waals surface area contributed by atoms with Crippen molar-refractivity contribution in [2.75, 3.05) is 26.7 Å². The first-order chi connectivity index (χ1) is 12.5. The highest BCUT2D eigenvalue weighted by Crippen LogP contribution is 2.36. The molecule has 1 saturated heterocycles. The van der Waals surface area contributed by atoms with Crippen LogP contribution in [0.5, 0.6) is 0 Å². The standard InChI is InChI=1S/C21H24FN3O/c1-14(26)19-13-25(10-9-24(19)2)21-18-6-4-3-5-15(18)7-8-16-11-17(22)12-23-20(16)21/h3-6,11-12,19,21H,7-10,13H2,1-2H3/t19-,21?/m1/s1. The molecule has 0 bridgehead atoms. The summed E-state index contributed by atoms with van der Waals surface area (Å²) < 4.78 is 13.8. The van der Waals surface area contributed by atoms with Gasteiger partial charge >= 0.3 is 0 Å². The lowest BCUT2D eigenvalue weighted by atomic mass is 9.95. The summed E-state index contributed by atoms with van der Waals surface area (Å²) in [4.78, 5) is 21.1. The topological polar surface area (TPSA) is 36.4 Å². The Bertz CT molecular complexity index is 838. The Balaban J connectivity index is 1.80. The molecule has 1 aromatic heterocycles. The lowest BCUT2D eigenvalue weighted by Gasteiger charge is -2.42. The summed E-state index contributed by atoms with van der Waals surface area (Å²) in [7, 11) is 2.01. The molecule has 2 aliphatic rings. The van der Waals surface area contributed by atoms with Crippen molar-refractivity contribution in [1.29, 1.82) is 0 Å². The van der Waals surface area contributed by atoms with Gasteiger partial charge in [0.2, 0.25) is 0 Å². The van der Waals surface area contributed by atoms with E-state index < -0.39 is 0 Å². The smallest absolute Gasteiger partial charge is 0.148 e. The lowest BCUT2D eigenvalue weighted by molar-refractivity contribution is -0.124. The molecule has 1 unspecified atom stereocenters. The fourth-order valence-electron chi connectivity index (χ4n) is 4.32. The number of fused-ring (bicyclic) bond motifs is 2. The van der Waals surface area contributed by atoms with E-state index in [1.165, 1.54) is 17.3 Å². The maximum atomic E-state index is 13.8. The van der Waals surface area contributed by atoms with Crippen molar-refractivity contribution in [2.45, 2.75) is 31.8 Å². The maximum Gasteiger partial charge on any atom is 0.148 e. The molecule has 1 aromatic carbocycles. The predicted molar refractivity (Wildman–Crippen MR) is 98.6 cm³/mol. The summed E-state index contributed by atoms with van der Waals surface area (Å²) in [6.45, 7) is 4.02. The second-order valence-electron chi connectivity index (χ2n) is 7.40. The Hall–Kier alpha value is -2.11. The third-order valence-corrected chi connectivity index (χ3v) is 5.75. The van der Waals surface area contributed by atoms with E-state index in [4.69, 9.17) is 0 Å². The number of aryl methyl sites for hydroxylation is 2. The molecular weight excluding hydrogens is 329 g/mol. The second-order valence-corrected chi connectivity index (χ2v) is 7.40. The highest BCUT2D eigenvalue weighted by Gasteiger charge is 2.36. The van der Waals surface area contributed by atoms with E-state index in [2.05, 4.69) is 39.0 Å². The third kappa shape index (κ3) is 3.06.